The number of nitrogens with zero attached hydrogens (tertiary/aromatic N) is 3. The fourth-order valence-corrected chi connectivity index (χ4v) is 4.48. The predicted molar refractivity (Wildman–Crippen MR) is 118 cm³/mol. The summed E-state index contributed by atoms with van der Waals surface area (Å²) >= 11 is 0. The standard InChI is InChI=1S/C22H26N4O5S/c1-15(2)32(29,30)18-9-5-16(6-10-18)14-20(27)23-11-12-25-22(28)26(17-7-8-17)21(24-25)19-4-3-13-31-19/h3-6,9-10,13,15,17H,7-8,11-12,14H2,1-2H3,(H,23,27). The molecule has 0 spiro atoms. The zero-order valence-electron chi connectivity index (χ0n) is 18.0. The average Bonchev–Trinajstić information content (AvgIpc) is 3.33. The van der Waals surface area contributed by atoms with E-state index in [2.05, 4.69) is 10.4 Å². The largest absolute Gasteiger partial charge is 0.461 e. The molecule has 32 heavy (non-hydrogen) atoms. The van der Waals surface area contributed by atoms with Crippen molar-refractivity contribution in [2.45, 2.75) is 55.8 Å². The highest BCUT2D eigenvalue weighted by Crippen LogP contribution is 2.36. The number of carbonyl (C=O) groups is 1. The lowest BCUT2D eigenvalue weighted by Crippen LogP contribution is -2.32. The number of hydrogen-bond acceptors (Lipinski definition) is 6. The molecule has 0 radical (unpaired) electrons. The molecule has 0 unspecified atom stereocenters. The first-order valence-corrected chi connectivity index (χ1v) is 12.1. The van der Waals surface area contributed by atoms with Crippen LogP contribution in [-0.4, -0.2) is 40.5 Å². The summed E-state index contributed by atoms with van der Waals surface area (Å²) in [7, 11) is -3.34. The number of furan rings is 1. The van der Waals surface area contributed by atoms with Crippen molar-refractivity contribution in [2.24, 2.45) is 0 Å². The average molecular weight is 459 g/mol. The second-order valence-electron chi connectivity index (χ2n) is 8.17. The van der Waals surface area contributed by atoms with E-state index in [1.54, 1.807) is 48.9 Å². The molecule has 0 saturated heterocycles. The van der Waals surface area contributed by atoms with Crippen LogP contribution in [0.4, 0.5) is 0 Å². The maximum atomic E-state index is 12.8. The van der Waals surface area contributed by atoms with Gasteiger partial charge in [0.25, 0.3) is 0 Å². The molecule has 2 aromatic heterocycles. The molecule has 0 atom stereocenters. The maximum Gasteiger partial charge on any atom is 0.346 e. The molecule has 0 aliphatic heterocycles. The maximum absolute atomic E-state index is 12.8. The Kier molecular flexibility index (Phi) is 6.05. The first-order valence-electron chi connectivity index (χ1n) is 10.6. The van der Waals surface area contributed by atoms with Crippen molar-refractivity contribution in [1.82, 2.24) is 19.7 Å². The molecule has 1 N–H and O–H groups in total. The van der Waals surface area contributed by atoms with Crippen LogP contribution in [0.5, 0.6) is 0 Å². The number of amides is 1. The number of sulfone groups is 1. The van der Waals surface area contributed by atoms with Gasteiger partial charge in [0.2, 0.25) is 11.7 Å². The summed E-state index contributed by atoms with van der Waals surface area (Å²) in [5.74, 6) is 0.829. The topological polar surface area (TPSA) is 116 Å². The minimum Gasteiger partial charge on any atom is -0.461 e. The van der Waals surface area contributed by atoms with Crippen LogP contribution in [-0.2, 0) is 27.6 Å². The van der Waals surface area contributed by atoms with Crippen LogP contribution >= 0.6 is 0 Å². The zero-order valence-corrected chi connectivity index (χ0v) is 18.8. The highest BCUT2D eigenvalue weighted by molar-refractivity contribution is 7.92. The van der Waals surface area contributed by atoms with E-state index >= 15 is 0 Å². The number of nitrogens with one attached hydrogen (secondary N) is 1. The molecule has 10 heteroatoms. The fraction of sp³-hybridized carbons (Fsp3) is 0.409. The smallest absolute Gasteiger partial charge is 0.346 e. The lowest BCUT2D eigenvalue weighted by molar-refractivity contribution is -0.120. The molecule has 2 heterocycles. The second kappa shape index (κ2) is 8.78. The van der Waals surface area contributed by atoms with Crippen LogP contribution in [0.2, 0.25) is 0 Å². The summed E-state index contributed by atoms with van der Waals surface area (Å²) in [6.07, 6.45) is 3.53. The molecule has 9 nitrogen and oxygen atoms in total. The zero-order chi connectivity index (χ0) is 22.9. The number of aromatic nitrogens is 3. The van der Waals surface area contributed by atoms with Crippen LogP contribution < -0.4 is 11.0 Å². The van der Waals surface area contributed by atoms with Gasteiger partial charge in [-0.3, -0.25) is 9.36 Å². The monoisotopic (exact) mass is 458 g/mol. The van der Waals surface area contributed by atoms with Crippen molar-refractivity contribution in [2.75, 3.05) is 6.54 Å². The Labute approximate surface area is 186 Å². The summed E-state index contributed by atoms with van der Waals surface area (Å²) in [6.45, 7) is 3.75. The lowest BCUT2D eigenvalue weighted by Gasteiger charge is -2.09. The summed E-state index contributed by atoms with van der Waals surface area (Å²) in [5.41, 5.74) is 0.496. The van der Waals surface area contributed by atoms with E-state index in [9.17, 15) is 18.0 Å². The highest BCUT2D eigenvalue weighted by Gasteiger charge is 2.31. The van der Waals surface area contributed by atoms with Crippen LogP contribution in [0.15, 0.2) is 56.8 Å². The molecule has 0 bridgehead atoms. The Morgan fingerprint density at radius 3 is 2.53 bits per heavy atom. The number of benzene rings is 1. The van der Waals surface area contributed by atoms with Crippen LogP contribution in [0.1, 0.15) is 38.3 Å². The first-order chi connectivity index (χ1) is 15.3. The van der Waals surface area contributed by atoms with Crippen molar-refractivity contribution in [3.05, 3.63) is 58.7 Å². The SMILES string of the molecule is CC(C)S(=O)(=O)c1ccc(CC(=O)NCCn2nc(-c3ccco3)n(C3CC3)c2=O)cc1. The third-order valence-electron chi connectivity index (χ3n) is 5.41. The van der Waals surface area contributed by atoms with E-state index < -0.39 is 15.1 Å². The van der Waals surface area contributed by atoms with Crippen molar-refractivity contribution in [1.29, 1.82) is 0 Å². The number of rotatable bonds is 9. The molecular formula is C22H26N4O5S. The van der Waals surface area contributed by atoms with Gasteiger partial charge in [-0.25, -0.2) is 17.9 Å². The van der Waals surface area contributed by atoms with Gasteiger partial charge in [-0.2, -0.15) is 0 Å². The molecular weight excluding hydrogens is 432 g/mol. The Balaban J connectivity index is 1.36. The van der Waals surface area contributed by atoms with Gasteiger partial charge in [-0.05, 0) is 56.5 Å². The third-order valence-corrected chi connectivity index (χ3v) is 7.58. The van der Waals surface area contributed by atoms with Gasteiger partial charge in [-0.15, -0.1) is 5.10 Å². The first kappa shape index (κ1) is 22.1. The van der Waals surface area contributed by atoms with Gasteiger partial charge < -0.3 is 9.73 Å². The molecule has 170 valence electrons. The lowest BCUT2D eigenvalue weighted by atomic mass is 10.1. The van der Waals surface area contributed by atoms with Crippen molar-refractivity contribution < 1.29 is 17.6 Å². The molecule has 1 saturated carbocycles. The Hall–Kier alpha value is -3.14. The van der Waals surface area contributed by atoms with Crippen LogP contribution in [0.25, 0.3) is 11.6 Å². The van der Waals surface area contributed by atoms with Crippen LogP contribution in [0, 0.1) is 0 Å². The molecule has 3 aromatic rings. The second-order valence-corrected chi connectivity index (χ2v) is 10.7. The Morgan fingerprint density at radius 2 is 1.94 bits per heavy atom. The molecule has 1 fully saturated rings. The van der Waals surface area contributed by atoms with Crippen molar-refractivity contribution >= 4 is 15.7 Å². The van der Waals surface area contributed by atoms with Gasteiger partial charge in [0.05, 0.1) is 29.4 Å². The summed E-state index contributed by atoms with van der Waals surface area (Å²) in [4.78, 5) is 25.3. The van der Waals surface area contributed by atoms with E-state index in [1.807, 2.05) is 0 Å². The van der Waals surface area contributed by atoms with Crippen molar-refractivity contribution in [3.63, 3.8) is 0 Å². The summed E-state index contributed by atoms with van der Waals surface area (Å²) in [5, 5.41) is 6.69. The van der Waals surface area contributed by atoms with Gasteiger partial charge in [-0.1, -0.05) is 12.1 Å². The van der Waals surface area contributed by atoms with Gasteiger partial charge >= 0.3 is 5.69 Å². The molecule has 1 aliphatic rings. The normalized spacial score (nSPS) is 14.1. The van der Waals surface area contributed by atoms with Gasteiger partial charge in [0.1, 0.15) is 0 Å². The molecule has 1 aliphatic carbocycles. The molecule has 1 aromatic carbocycles. The van der Waals surface area contributed by atoms with E-state index in [1.165, 1.54) is 16.8 Å². The molecule has 4 rings (SSSR count). The summed E-state index contributed by atoms with van der Waals surface area (Å²) < 4.78 is 32.8. The Morgan fingerprint density at radius 1 is 1.22 bits per heavy atom. The minimum atomic E-state index is -3.34. The van der Waals surface area contributed by atoms with Crippen molar-refractivity contribution in [3.8, 4) is 11.6 Å². The quantitative estimate of drug-likeness (QED) is 0.525. The Bertz CT molecular complexity index is 1250. The van der Waals surface area contributed by atoms with E-state index in [4.69, 9.17) is 4.42 Å². The van der Waals surface area contributed by atoms with E-state index in [0.29, 0.717) is 17.1 Å². The minimum absolute atomic E-state index is 0.116. The van der Waals surface area contributed by atoms with E-state index in [-0.39, 0.29) is 42.0 Å². The highest BCUT2D eigenvalue weighted by atomic mass is 32.2. The number of carbonyl (C=O) groups excluding carboxylic acids is 1. The van der Waals surface area contributed by atoms with Gasteiger partial charge in [0, 0.05) is 12.6 Å². The summed E-state index contributed by atoms with van der Waals surface area (Å²) in [6, 6.07) is 10.0. The van der Waals surface area contributed by atoms with Gasteiger partial charge in [0.15, 0.2) is 15.6 Å². The van der Waals surface area contributed by atoms with E-state index in [0.717, 1.165) is 12.8 Å². The predicted octanol–water partition coefficient (Wildman–Crippen LogP) is 2.18. The fourth-order valence-electron chi connectivity index (χ4n) is 3.42. The number of hydrogen-bond donors (Lipinski definition) is 1. The molecule has 1 amide bonds. The third kappa shape index (κ3) is 4.55. The van der Waals surface area contributed by atoms with Crippen LogP contribution in [0.3, 0.4) is 0 Å².